The summed E-state index contributed by atoms with van der Waals surface area (Å²) in [6.45, 7) is 0.817. The lowest BCUT2D eigenvalue weighted by molar-refractivity contribution is -0.137. The molecule has 0 atom stereocenters. The van der Waals surface area contributed by atoms with Gasteiger partial charge in [-0.25, -0.2) is 4.99 Å². The van der Waals surface area contributed by atoms with E-state index in [0.29, 0.717) is 18.1 Å². The third kappa shape index (κ3) is 9.55. The van der Waals surface area contributed by atoms with Crippen LogP contribution in [-0.2, 0) is 17.5 Å². The van der Waals surface area contributed by atoms with Crippen molar-refractivity contribution in [2.24, 2.45) is 4.99 Å². The van der Waals surface area contributed by atoms with Gasteiger partial charge in [-0.05, 0) is 42.5 Å². The number of amides is 1. The van der Waals surface area contributed by atoms with Crippen molar-refractivity contribution in [2.75, 3.05) is 39.2 Å². The number of rotatable bonds is 9. The number of halogens is 3. The maximum atomic E-state index is 12.8. The van der Waals surface area contributed by atoms with E-state index >= 15 is 0 Å². The highest BCUT2D eigenvalue weighted by Crippen LogP contribution is 2.29. The molecule has 0 saturated carbocycles. The van der Waals surface area contributed by atoms with Gasteiger partial charge in [0.1, 0.15) is 0 Å². The highest BCUT2D eigenvalue weighted by atomic mass is 32.2. The Labute approximate surface area is 162 Å². The second-order valence-corrected chi connectivity index (χ2v) is 7.12. The van der Waals surface area contributed by atoms with E-state index in [2.05, 4.69) is 15.6 Å². The highest BCUT2D eigenvalue weighted by molar-refractivity contribution is 7.98. The number of hydrogen-bond acceptors (Lipinski definition) is 3. The number of carbonyl (C=O) groups is 1. The van der Waals surface area contributed by atoms with Crippen LogP contribution in [0.5, 0.6) is 0 Å². The summed E-state index contributed by atoms with van der Waals surface area (Å²) in [5.74, 6) is 1.35. The Bertz CT molecular complexity index is 621. The Morgan fingerprint density at radius 1 is 1.22 bits per heavy atom. The van der Waals surface area contributed by atoms with Gasteiger partial charge in [0.15, 0.2) is 5.96 Å². The minimum atomic E-state index is -4.38. The van der Waals surface area contributed by atoms with Crippen molar-refractivity contribution < 1.29 is 18.0 Å². The average molecular weight is 405 g/mol. The van der Waals surface area contributed by atoms with Gasteiger partial charge in [-0.2, -0.15) is 24.9 Å². The second-order valence-electron chi connectivity index (χ2n) is 6.13. The largest absolute Gasteiger partial charge is 0.416 e. The van der Waals surface area contributed by atoms with Crippen molar-refractivity contribution in [3.8, 4) is 0 Å². The fourth-order valence-electron chi connectivity index (χ4n) is 2.09. The van der Waals surface area contributed by atoms with Gasteiger partial charge in [-0.15, -0.1) is 0 Å². The van der Waals surface area contributed by atoms with Crippen LogP contribution >= 0.6 is 11.8 Å². The number of nitrogens with zero attached hydrogens (tertiary/aromatic N) is 2. The van der Waals surface area contributed by atoms with Crippen LogP contribution in [0.3, 0.4) is 0 Å². The molecule has 0 unspecified atom stereocenters. The Balaban J connectivity index is 2.73. The number of benzene rings is 1. The van der Waals surface area contributed by atoms with Crippen molar-refractivity contribution in [1.29, 1.82) is 0 Å². The number of thioether (sulfide) groups is 1. The number of aliphatic imine (C=N–C) groups is 1. The van der Waals surface area contributed by atoms with Crippen molar-refractivity contribution in [1.82, 2.24) is 15.5 Å². The third-order valence-corrected chi connectivity index (χ3v) is 4.34. The summed E-state index contributed by atoms with van der Waals surface area (Å²) in [7, 11) is 3.30. The molecule has 1 rings (SSSR count). The lowest BCUT2D eigenvalue weighted by Crippen LogP contribution is -2.43. The van der Waals surface area contributed by atoms with Gasteiger partial charge in [0.2, 0.25) is 5.91 Å². The number of likely N-dealkylation sites (N-methyl/N-ethyl adjacent to an activating group) is 1. The highest BCUT2D eigenvalue weighted by Gasteiger charge is 2.30. The van der Waals surface area contributed by atoms with Crippen LogP contribution in [0.1, 0.15) is 24.0 Å². The van der Waals surface area contributed by atoms with E-state index < -0.39 is 11.7 Å². The molecular formula is C18H27F3N4OS. The summed E-state index contributed by atoms with van der Waals surface area (Å²) >= 11 is 1.77. The summed E-state index contributed by atoms with van der Waals surface area (Å²) in [4.78, 5) is 17.5. The molecule has 0 radical (unpaired) electrons. The lowest BCUT2D eigenvalue weighted by atomic mass is 10.1. The average Bonchev–Trinajstić information content (AvgIpc) is 2.62. The zero-order valence-electron chi connectivity index (χ0n) is 15.9. The quantitative estimate of drug-likeness (QED) is 0.378. The molecule has 152 valence electrons. The molecule has 0 aromatic heterocycles. The molecule has 0 aliphatic rings. The van der Waals surface area contributed by atoms with Gasteiger partial charge < -0.3 is 15.5 Å². The van der Waals surface area contributed by atoms with Crippen LogP contribution in [0.4, 0.5) is 13.2 Å². The predicted molar refractivity (Wildman–Crippen MR) is 105 cm³/mol. The molecule has 0 aliphatic heterocycles. The van der Waals surface area contributed by atoms with Gasteiger partial charge in [0, 0.05) is 20.6 Å². The van der Waals surface area contributed by atoms with Crippen molar-refractivity contribution >= 4 is 23.6 Å². The van der Waals surface area contributed by atoms with Crippen LogP contribution in [0, 0.1) is 0 Å². The smallest absolute Gasteiger partial charge is 0.356 e. The SMILES string of the molecule is CSCCCCNC(=NCc1cccc(C(F)(F)F)c1)NCC(=O)N(C)C. The molecule has 27 heavy (non-hydrogen) atoms. The molecule has 0 spiro atoms. The standard InChI is InChI=1S/C18H27F3N4OS/c1-25(2)16(26)13-24-17(22-9-4-5-10-27-3)23-12-14-7-6-8-15(11-14)18(19,20)21/h6-8,11H,4-5,9-10,12-13H2,1-3H3,(H2,22,23,24). The third-order valence-electron chi connectivity index (χ3n) is 3.65. The zero-order chi connectivity index (χ0) is 20.3. The predicted octanol–water partition coefficient (Wildman–Crippen LogP) is 2.97. The summed E-state index contributed by atoms with van der Waals surface area (Å²) < 4.78 is 38.4. The number of carbonyl (C=O) groups excluding carboxylic acids is 1. The van der Waals surface area contributed by atoms with Crippen molar-refractivity contribution in [2.45, 2.75) is 25.6 Å². The van der Waals surface area contributed by atoms with Gasteiger partial charge in [0.05, 0.1) is 18.7 Å². The maximum absolute atomic E-state index is 12.8. The number of hydrogen-bond donors (Lipinski definition) is 2. The first-order chi connectivity index (χ1) is 12.7. The number of unbranched alkanes of at least 4 members (excludes halogenated alkanes) is 1. The number of guanidine groups is 1. The molecule has 0 saturated heterocycles. The Morgan fingerprint density at radius 2 is 1.96 bits per heavy atom. The van der Waals surface area contributed by atoms with Crippen LogP contribution < -0.4 is 10.6 Å². The molecule has 2 N–H and O–H groups in total. The minimum absolute atomic E-state index is 0.0617. The molecule has 0 bridgehead atoms. The summed E-state index contributed by atoms with van der Waals surface area (Å²) in [5.41, 5.74) is -0.246. The Kier molecular flexibility index (Phi) is 10.1. The molecule has 1 aromatic rings. The van der Waals surface area contributed by atoms with E-state index in [9.17, 15) is 18.0 Å². The summed E-state index contributed by atoms with van der Waals surface area (Å²) in [6.07, 6.45) is -0.350. The van der Waals surface area contributed by atoms with E-state index in [1.54, 1.807) is 31.9 Å². The van der Waals surface area contributed by atoms with E-state index in [1.807, 2.05) is 6.26 Å². The second kappa shape index (κ2) is 11.7. The molecule has 1 amide bonds. The summed E-state index contributed by atoms with van der Waals surface area (Å²) in [6, 6.07) is 5.09. The van der Waals surface area contributed by atoms with E-state index in [1.165, 1.54) is 11.0 Å². The summed E-state index contributed by atoms with van der Waals surface area (Å²) in [5, 5.41) is 6.05. The van der Waals surface area contributed by atoms with Crippen molar-refractivity contribution in [3.63, 3.8) is 0 Å². The van der Waals surface area contributed by atoms with Gasteiger partial charge in [-0.3, -0.25) is 4.79 Å². The van der Waals surface area contributed by atoms with E-state index in [0.717, 1.165) is 30.7 Å². The molecule has 9 heteroatoms. The fraction of sp³-hybridized carbons (Fsp3) is 0.556. The molecule has 0 aliphatic carbocycles. The molecule has 0 heterocycles. The maximum Gasteiger partial charge on any atom is 0.416 e. The Hall–Kier alpha value is -1.90. The van der Waals surface area contributed by atoms with Gasteiger partial charge in [0.25, 0.3) is 0 Å². The van der Waals surface area contributed by atoms with Crippen LogP contribution in [0.25, 0.3) is 0 Å². The topological polar surface area (TPSA) is 56.7 Å². The number of alkyl halides is 3. The first-order valence-electron chi connectivity index (χ1n) is 8.61. The van der Waals surface area contributed by atoms with E-state index in [4.69, 9.17) is 0 Å². The minimum Gasteiger partial charge on any atom is -0.356 e. The van der Waals surface area contributed by atoms with Crippen molar-refractivity contribution in [3.05, 3.63) is 35.4 Å². The molecule has 5 nitrogen and oxygen atoms in total. The molecule has 0 fully saturated rings. The van der Waals surface area contributed by atoms with E-state index in [-0.39, 0.29) is 19.0 Å². The Morgan fingerprint density at radius 3 is 2.59 bits per heavy atom. The normalized spacial score (nSPS) is 12.0. The molecule has 1 aromatic carbocycles. The zero-order valence-corrected chi connectivity index (χ0v) is 16.7. The van der Waals surface area contributed by atoms with Gasteiger partial charge in [-0.1, -0.05) is 12.1 Å². The van der Waals surface area contributed by atoms with Crippen LogP contribution in [-0.4, -0.2) is 56.0 Å². The van der Waals surface area contributed by atoms with Crippen LogP contribution in [0.15, 0.2) is 29.3 Å². The lowest BCUT2D eigenvalue weighted by Gasteiger charge is -2.15. The van der Waals surface area contributed by atoms with Crippen LogP contribution in [0.2, 0.25) is 0 Å². The monoisotopic (exact) mass is 404 g/mol. The number of nitrogens with one attached hydrogen (secondary N) is 2. The first kappa shape index (κ1) is 23.1. The first-order valence-corrected chi connectivity index (χ1v) is 10.0. The molecular weight excluding hydrogens is 377 g/mol. The van der Waals surface area contributed by atoms with Gasteiger partial charge >= 0.3 is 6.18 Å². The fourth-order valence-corrected chi connectivity index (χ4v) is 2.58.